The third-order valence-electron chi connectivity index (χ3n) is 3.98. The van der Waals surface area contributed by atoms with E-state index in [0.29, 0.717) is 22.5 Å². The fraction of sp³-hybridized carbons (Fsp3) is 0.438. The van der Waals surface area contributed by atoms with E-state index in [-0.39, 0.29) is 17.4 Å². The number of halogens is 2. The summed E-state index contributed by atoms with van der Waals surface area (Å²) in [6, 6.07) is 5.93. The molecule has 7 nitrogen and oxygen atoms in total. The maximum absolute atomic E-state index is 12.2. The van der Waals surface area contributed by atoms with E-state index in [1.165, 1.54) is 41.4 Å². The molecule has 3 rings (SSSR count). The van der Waals surface area contributed by atoms with Gasteiger partial charge in [0.05, 0.1) is 5.75 Å². The van der Waals surface area contributed by atoms with Crippen LogP contribution in [0, 0.1) is 5.92 Å². The molecule has 1 heterocycles. The third kappa shape index (κ3) is 4.63. The maximum Gasteiger partial charge on any atom is 0.387 e. The molecule has 0 unspecified atom stereocenters. The van der Waals surface area contributed by atoms with Crippen LogP contribution >= 0.6 is 11.8 Å². The van der Waals surface area contributed by atoms with Crippen molar-refractivity contribution in [1.29, 1.82) is 0 Å². The Morgan fingerprint density at radius 3 is 2.69 bits per heavy atom. The van der Waals surface area contributed by atoms with Crippen molar-refractivity contribution in [2.45, 2.75) is 24.6 Å². The number of hydrogen-bond donors (Lipinski definition) is 1. The number of hydrogen-bond acceptors (Lipinski definition) is 6. The van der Waals surface area contributed by atoms with Crippen LogP contribution in [0.1, 0.15) is 12.8 Å². The van der Waals surface area contributed by atoms with Crippen LogP contribution in [0.5, 0.6) is 5.75 Å². The lowest BCUT2D eigenvalue weighted by molar-refractivity contribution is -0.127. The number of ether oxygens (including phenoxy) is 1. The highest BCUT2D eigenvalue weighted by atomic mass is 32.2. The molecule has 0 saturated heterocycles. The van der Waals surface area contributed by atoms with E-state index in [9.17, 15) is 13.6 Å². The molecule has 1 aliphatic rings. The van der Waals surface area contributed by atoms with Crippen LogP contribution in [0.3, 0.4) is 0 Å². The van der Waals surface area contributed by atoms with Gasteiger partial charge >= 0.3 is 6.61 Å². The molecule has 1 amide bonds. The number of rotatable bonds is 8. The Morgan fingerprint density at radius 2 is 2.08 bits per heavy atom. The van der Waals surface area contributed by atoms with Crippen LogP contribution in [-0.2, 0) is 4.79 Å². The largest absolute Gasteiger partial charge is 0.435 e. The Kier molecular flexibility index (Phi) is 5.60. The number of thioether (sulfide) groups is 1. The normalized spacial score (nSPS) is 13.8. The zero-order chi connectivity index (χ0) is 18.7. The van der Waals surface area contributed by atoms with Crippen LogP contribution < -0.4 is 10.6 Å². The minimum Gasteiger partial charge on any atom is -0.435 e. The minimum absolute atomic E-state index is 0.0138. The predicted octanol–water partition coefficient (Wildman–Crippen LogP) is 2.22. The Balaban J connectivity index is 1.61. The smallest absolute Gasteiger partial charge is 0.387 e. The number of nitrogen functional groups attached to an aromatic ring is 1. The molecule has 0 spiro atoms. The first-order valence-corrected chi connectivity index (χ1v) is 9.05. The molecule has 1 aromatic carbocycles. The van der Waals surface area contributed by atoms with Crippen LogP contribution in [0.2, 0.25) is 0 Å². The molecule has 1 fully saturated rings. The van der Waals surface area contributed by atoms with Gasteiger partial charge in [-0.25, -0.2) is 4.68 Å². The van der Waals surface area contributed by atoms with Gasteiger partial charge in [-0.1, -0.05) is 11.8 Å². The van der Waals surface area contributed by atoms with Gasteiger partial charge in [0.15, 0.2) is 5.82 Å². The van der Waals surface area contributed by atoms with Gasteiger partial charge in [-0.3, -0.25) is 4.79 Å². The number of aromatic nitrogens is 3. The summed E-state index contributed by atoms with van der Waals surface area (Å²) in [6.45, 7) is -2.09. The molecule has 10 heteroatoms. The van der Waals surface area contributed by atoms with Gasteiger partial charge in [0, 0.05) is 19.2 Å². The zero-order valence-electron chi connectivity index (χ0n) is 14.1. The fourth-order valence-electron chi connectivity index (χ4n) is 2.38. The first-order chi connectivity index (χ1) is 12.4. The molecule has 1 aromatic heterocycles. The molecule has 140 valence electrons. The lowest BCUT2D eigenvalue weighted by atomic mass is 10.2. The van der Waals surface area contributed by atoms with Gasteiger partial charge in [-0.2, -0.15) is 8.78 Å². The summed E-state index contributed by atoms with van der Waals surface area (Å²) >= 11 is 1.21. The zero-order valence-corrected chi connectivity index (χ0v) is 15.0. The molecular weight excluding hydrogens is 364 g/mol. The monoisotopic (exact) mass is 383 g/mol. The lowest BCUT2D eigenvalue weighted by Gasteiger charge is -2.16. The molecule has 1 saturated carbocycles. The number of benzene rings is 1. The van der Waals surface area contributed by atoms with E-state index >= 15 is 0 Å². The summed E-state index contributed by atoms with van der Waals surface area (Å²) in [7, 11) is 1.79. The fourth-order valence-corrected chi connectivity index (χ4v) is 3.18. The first kappa shape index (κ1) is 18.4. The Hall–Kier alpha value is -2.36. The van der Waals surface area contributed by atoms with Crippen LogP contribution in [0.25, 0.3) is 11.4 Å². The SMILES string of the molecule is CN(CC1CC1)C(=O)CSc1nnc(-c2ccc(OC(F)F)cc2)n1N. The molecule has 2 aromatic rings. The average Bonchev–Trinajstić information content (AvgIpc) is 3.34. The van der Waals surface area contributed by atoms with Crippen molar-refractivity contribution in [1.82, 2.24) is 19.8 Å². The molecule has 0 bridgehead atoms. The van der Waals surface area contributed by atoms with Gasteiger partial charge in [0.1, 0.15) is 5.75 Å². The van der Waals surface area contributed by atoms with Gasteiger partial charge in [0.2, 0.25) is 11.1 Å². The first-order valence-electron chi connectivity index (χ1n) is 8.06. The second-order valence-corrected chi connectivity index (χ2v) is 7.03. The summed E-state index contributed by atoms with van der Waals surface area (Å²) in [4.78, 5) is 13.9. The highest BCUT2D eigenvalue weighted by Crippen LogP contribution is 2.29. The lowest BCUT2D eigenvalue weighted by Crippen LogP contribution is -2.30. The Labute approximate surface area is 153 Å². The Morgan fingerprint density at radius 1 is 1.38 bits per heavy atom. The van der Waals surface area contributed by atoms with Crippen molar-refractivity contribution in [2.75, 3.05) is 25.2 Å². The van der Waals surface area contributed by atoms with Crippen molar-refractivity contribution in [2.24, 2.45) is 5.92 Å². The summed E-state index contributed by atoms with van der Waals surface area (Å²) in [5, 5.41) is 8.41. The number of nitrogens with zero attached hydrogens (tertiary/aromatic N) is 4. The van der Waals surface area contributed by atoms with Crippen LogP contribution in [0.4, 0.5) is 8.78 Å². The van der Waals surface area contributed by atoms with E-state index in [2.05, 4.69) is 14.9 Å². The van der Waals surface area contributed by atoms with Crippen molar-refractivity contribution in [3.8, 4) is 17.1 Å². The highest BCUT2D eigenvalue weighted by Gasteiger charge is 2.25. The number of amides is 1. The molecule has 0 radical (unpaired) electrons. The average molecular weight is 383 g/mol. The van der Waals surface area contributed by atoms with Gasteiger partial charge in [-0.05, 0) is 43.0 Å². The molecule has 26 heavy (non-hydrogen) atoms. The quantitative estimate of drug-likeness (QED) is 0.556. The maximum atomic E-state index is 12.2. The molecule has 1 aliphatic carbocycles. The van der Waals surface area contributed by atoms with Crippen LogP contribution in [-0.4, -0.2) is 51.6 Å². The molecule has 0 atom stereocenters. The highest BCUT2D eigenvalue weighted by molar-refractivity contribution is 7.99. The minimum atomic E-state index is -2.88. The van der Waals surface area contributed by atoms with Gasteiger partial charge < -0.3 is 15.5 Å². The predicted molar refractivity (Wildman–Crippen MR) is 93.3 cm³/mol. The van der Waals surface area contributed by atoms with E-state index in [1.54, 1.807) is 24.1 Å². The Bertz CT molecular complexity index is 765. The number of carbonyl (C=O) groups is 1. The summed E-state index contributed by atoms with van der Waals surface area (Å²) < 4.78 is 30.0. The van der Waals surface area contributed by atoms with Gasteiger partial charge in [0.25, 0.3) is 0 Å². The third-order valence-corrected chi connectivity index (χ3v) is 4.91. The number of carbonyl (C=O) groups excluding carboxylic acids is 1. The van der Waals surface area contributed by atoms with Crippen molar-refractivity contribution in [3.63, 3.8) is 0 Å². The second kappa shape index (κ2) is 7.90. The van der Waals surface area contributed by atoms with Crippen molar-refractivity contribution in [3.05, 3.63) is 24.3 Å². The van der Waals surface area contributed by atoms with E-state index in [1.807, 2.05) is 0 Å². The second-order valence-electron chi connectivity index (χ2n) is 6.09. The van der Waals surface area contributed by atoms with E-state index in [0.717, 1.165) is 6.54 Å². The van der Waals surface area contributed by atoms with E-state index < -0.39 is 6.61 Å². The summed E-state index contributed by atoms with van der Waals surface area (Å²) in [5.74, 6) is 7.29. The standard InChI is InChI=1S/C16H19F2N5O2S/c1-22(8-10-2-3-10)13(24)9-26-16-21-20-14(23(16)19)11-4-6-12(7-5-11)25-15(17)18/h4-7,10,15H,2-3,8-9,19H2,1H3. The topological polar surface area (TPSA) is 86.3 Å². The number of nitrogens with two attached hydrogens (primary N) is 1. The van der Waals surface area contributed by atoms with Crippen molar-refractivity contribution >= 4 is 17.7 Å². The molecular formula is C16H19F2N5O2S. The van der Waals surface area contributed by atoms with Crippen molar-refractivity contribution < 1.29 is 18.3 Å². The molecule has 0 aliphatic heterocycles. The van der Waals surface area contributed by atoms with Crippen LogP contribution in [0.15, 0.2) is 29.4 Å². The molecule has 2 N–H and O–H groups in total. The summed E-state index contributed by atoms with van der Waals surface area (Å²) in [6.07, 6.45) is 2.37. The van der Waals surface area contributed by atoms with Gasteiger partial charge in [-0.15, -0.1) is 10.2 Å². The summed E-state index contributed by atoms with van der Waals surface area (Å²) in [5.41, 5.74) is 0.602. The number of alkyl halides is 2. The van der Waals surface area contributed by atoms with E-state index in [4.69, 9.17) is 5.84 Å².